The highest BCUT2D eigenvalue weighted by Crippen LogP contribution is 2.29. The Morgan fingerprint density at radius 2 is 2.26 bits per heavy atom. The van der Waals surface area contributed by atoms with E-state index in [4.69, 9.17) is 0 Å². The summed E-state index contributed by atoms with van der Waals surface area (Å²) in [6.45, 7) is 2.11. The molecule has 1 aromatic rings. The molecule has 0 aromatic carbocycles. The molecule has 1 heterocycles. The predicted octanol–water partition coefficient (Wildman–Crippen LogP) is 2.16. The van der Waals surface area contributed by atoms with E-state index >= 15 is 0 Å². The lowest BCUT2D eigenvalue weighted by Crippen LogP contribution is -2.44. The van der Waals surface area contributed by atoms with Crippen LogP contribution in [-0.4, -0.2) is 30.6 Å². The lowest BCUT2D eigenvalue weighted by Gasteiger charge is -2.31. The van der Waals surface area contributed by atoms with Crippen LogP contribution in [0.5, 0.6) is 0 Å². The van der Waals surface area contributed by atoms with Gasteiger partial charge in [0.1, 0.15) is 12.0 Å². The number of nitrogens with one attached hydrogen (secondary N) is 1. The number of nitrogens with zero attached hydrogens (tertiary/aromatic N) is 1. The fourth-order valence-electron chi connectivity index (χ4n) is 2.42. The van der Waals surface area contributed by atoms with Crippen molar-refractivity contribution in [3.05, 3.63) is 18.0 Å². The largest absolute Gasteiger partial charge is 0.364 e. The fourth-order valence-corrected chi connectivity index (χ4v) is 5.07. The molecule has 1 N–H and O–H groups in total. The van der Waals surface area contributed by atoms with Crippen molar-refractivity contribution in [2.45, 2.75) is 49.7 Å². The van der Waals surface area contributed by atoms with E-state index in [0.29, 0.717) is 10.9 Å². The van der Waals surface area contributed by atoms with Gasteiger partial charge in [-0.2, -0.15) is 11.8 Å². The van der Waals surface area contributed by atoms with Crippen LogP contribution in [0.3, 0.4) is 0 Å². The monoisotopic (exact) mass is 304 g/mol. The molecule has 1 saturated carbocycles. The highest BCUT2D eigenvalue weighted by atomic mass is 32.2. The summed E-state index contributed by atoms with van der Waals surface area (Å²) in [5.41, 5.74) is 0.447. The third-order valence-electron chi connectivity index (χ3n) is 3.24. The second kappa shape index (κ2) is 6.76. The molecule has 0 aliphatic heterocycles. The molecule has 19 heavy (non-hydrogen) atoms. The lowest BCUT2D eigenvalue weighted by molar-refractivity contribution is 0.411. The van der Waals surface area contributed by atoms with Crippen molar-refractivity contribution in [2.75, 3.05) is 5.75 Å². The van der Waals surface area contributed by atoms with Crippen LogP contribution in [0.15, 0.2) is 16.9 Å². The Hall–Kier alpha value is -0.530. The van der Waals surface area contributed by atoms with Crippen molar-refractivity contribution in [3.8, 4) is 0 Å². The first-order valence-corrected chi connectivity index (χ1v) is 9.31. The van der Waals surface area contributed by atoms with E-state index in [9.17, 15) is 8.42 Å². The lowest BCUT2D eigenvalue weighted by atomic mass is 9.96. The SMILES string of the molecule is CCSC1CCCCC1NS(=O)(=O)Cc1ccon1. The maximum absolute atomic E-state index is 12.1. The summed E-state index contributed by atoms with van der Waals surface area (Å²) in [4.78, 5) is 0. The molecule has 0 amide bonds. The predicted molar refractivity (Wildman–Crippen MR) is 76.4 cm³/mol. The minimum absolute atomic E-state index is 0.0515. The normalized spacial score (nSPS) is 24.5. The zero-order valence-corrected chi connectivity index (χ0v) is 12.7. The van der Waals surface area contributed by atoms with E-state index in [1.807, 2.05) is 11.8 Å². The second-order valence-electron chi connectivity index (χ2n) is 4.75. The van der Waals surface area contributed by atoms with Gasteiger partial charge in [0.2, 0.25) is 10.0 Å². The standard InChI is InChI=1S/C12H20N2O3S2/c1-2-18-12-6-4-3-5-11(12)14-19(15,16)9-10-7-8-17-13-10/h7-8,11-12,14H,2-6,9H2,1H3. The average molecular weight is 304 g/mol. The molecule has 1 aliphatic carbocycles. The molecule has 0 radical (unpaired) electrons. The molecule has 1 aliphatic rings. The van der Waals surface area contributed by atoms with Gasteiger partial charge >= 0.3 is 0 Å². The first kappa shape index (κ1) is 14.9. The summed E-state index contributed by atoms with van der Waals surface area (Å²) in [6.07, 6.45) is 5.70. The van der Waals surface area contributed by atoms with Crippen molar-refractivity contribution in [3.63, 3.8) is 0 Å². The molecule has 108 valence electrons. The van der Waals surface area contributed by atoms with Gasteiger partial charge in [-0.05, 0) is 18.6 Å². The number of thioether (sulfide) groups is 1. The molecule has 0 bridgehead atoms. The van der Waals surface area contributed by atoms with Crippen LogP contribution in [0.1, 0.15) is 38.3 Å². The molecule has 2 unspecified atom stereocenters. The first-order chi connectivity index (χ1) is 9.11. The van der Waals surface area contributed by atoms with Crippen LogP contribution < -0.4 is 4.72 Å². The Balaban J connectivity index is 1.97. The summed E-state index contributed by atoms with van der Waals surface area (Å²) in [6, 6.07) is 1.63. The smallest absolute Gasteiger partial charge is 0.217 e. The van der Waals surface area contributed by atoms with Gasteiger partial charge in [0.05, 0.1) is 5.69 Å². The van der Waals surface area contributed by atoms with E-state index in [0.717, 1.165) is 25.0 Å². The Morgan fingerprint density at radius 1 is 1.47 bits per heavy atom. The highest BCUT2D eigenvalue weighted by Gasteiger charge is 2.29. The molecule has 0 saturated heterocycles. The van der Waals surface area contributed by atoms with Crippen molar-refractivity contribution >= 4 is 21.8 Å². The highest BCUT2D eigenvalue weighted by molar-refractivity contribution is 8.00. The number of hydrogen-bond acceptors (Lipinski definition) is 5. The summed E-state index contributed by atoms with van der Waals surface area (Å²) in [5, 5.41) is 4.04. The summed E-state index contributed by atoms with van der Waals surface area (Å²) in [7, 11) is -3.34. The summed E-state index contributed by atoms with van der Waals surface area (Å²) < 4.78 is 31.7. The van der Waals surface area contributed by atoms with Crippen LogP contribution in [0.2, 0.25) is 0 Å². The van der Waals surface area contributed by atoms with Crippen LogP contribution in [0, 0.1) is 0 Å². The van der Waals surface area contributed by atoms with E-state index in [1.165, 1.54) is 12.7 Å². The van der Waals surface area contributed by atoms with Crippen molar-refractivity contribution in [1.29, 1.82) is 0 Å². The third kappa shape index (κ3) is 4.50. The number of rotatable bonds is 6. The average Bonchev–Trinajstić information content (AvgIpc) is 2.83. The van der Waals surface area contributed by atoms with E-state index in [1.54, 1.807) is 6.07 Å². The maximum atomic E-state index is 12.1. The Kier molecular flexibility index (Phi) is 5.29. The van der Waals surface area contributed by atoms with Gasteiger partial charge in [-0.1, -0.05) is 24.9 Å². The van der Waals surface area contributed by atoms with Crippen LogP contribution in [-0.2, 0) is 15.8 Å². The molecule has 5 nitrogen and oxygen atoms in total. The van der Waals surface area contributed by atoms with Crippen LogP contribution in [0.4, 0.5) is 0 Å². The summed E-state index contributed by atoms with van der Waals surface area (Å²) >= 11 is 1.85. The van der Waals surface area contributed by atoms with E-state index in [2.05, 4.69) is 21.3 Å². The quantitative estimate of drug-likeness (QED) is 0.872. The number of hydrogen-bond donors (Lipinski definition) is 1. The third-order valence-corrected chi connectivity index (χ3v) is 5.91. The van der Waals surface area contributed by atoms with Gasteiger partial charge in [0.25, 0.3) is 0 Å². The van der Waals surface area contributed by atoms with E-state index in [-0.39, 0.29) is 11.8 Å². The zero-order chi connectivity index (χ0) is 13.7. The zero-order valence-electron chi connectivity index (χ0n) is 11.0. The molecule has 2 atom stereocenters. The molecular formula is C12H20N2O3S2. The van der Waals surface area contributed by atoms with Crippen LogP contribution in [0.25, 0.3) is 0 Å². The Morgan fingerprint density at radius 3 is 2.95 bits per heavy atom. The minimum atomic E-state index is -3.34. The van der Waals surface area contributed by atoms with Gasteiger partial charge < -0.3 is 4.52 Å². The maximum Gasteiger partial charge on any atom is 0.217 e. The first-order valence-electron chi connectivity index (χ1n) is 6.61. The number of sulfonamides is 1. The van der Waals surface area contributed by atoms with Gasteiger partial charge in [0.15, 0.2) is 0 Å². The Labute approximate surface area is 118 Å². The molecular weight excluding hydrogens is 284 g/mol. The van der Waals surface area contributed by atoms with Crippen molar-refractivity contribution < 1.29 is 12.9 Å². The summed E-state index contributed by atoms with van der Waals surface area (Å²) in [5.74, 6) is 0.912. The minimum Gasteiger partial charge on any atom is -0.364 e. The van der Waals surface area contributed by atoms with Gasteiger partial charge in [0, 0.05) is 17.4 Å². The molecule has 1 fully saturated rings. The van der Waals surface area contributed by atoms with Gasteiger partial charge in [-0.25, -0.2) is 13.1 Å². The van der Waals surface area contributed by atoms with Crippen LogP contribution >= 0.6 is 11.8 Å². The van der Waals surface area contributed by atoms with Crippen molar-refractivity contribution in [2.24, 2.45) is 0 Å². The van der Waals surface area contributed by atoms with Gasteiger partial charge in [-0.15, -0.1) is 0 Å². The topological polar surface area (TPSA) is 72.2 Å². The molecule has 1 aromatic heterocycles. The number of aromatic nitrogens is 1. The molecule has 0 spiro atoms. The van der Waals surface area contributed by atoms with E-state index < -0.39 is 10.0 Å². The van der Waals surface area contributed by atoms with Crippen molar-refractivity contribution in [1.82, 2.24) is 9.88 Å². The Bertz CT molecular complexity index is 471. The second-order valence-corrected chi connectivity index (χ2v) is 8.02. The van der Waals surface area contributed by atoms with Gasteiger partial charge in [-0.3, -0.25) is 0 Å². The molecule has 2 rings (SSSR count). The fraction of sp³-hybridized carbons (Fsp3) is 0.750. The molecule has 7 heteroatoms.